The van der Waals surface area contributed by atoms with Crippen molar-refractivity contribution in [1.82, 2.24) is 5.32 Å². The van der Waals surface area contributed by atoms with E-state index in [0.29, 0.717) is 18.5 Å². The van der Waals surface area contributed by atoms with Crippen molar-refractivity contribution in [3.8, 4) is 6.07 Å². The molecule has 4 heteroatoms. The largest absolute Gasteiger partial charge is 0.396 e. The molecule has 0 bridgehead atoms. The standard InChI is InChI=1S/C13H14N2O2/c14-10-12-4-1-3-11(9-12)5-6-13(17)15-7-2-8-16/h1,3-6,9,16H,2,7-8H2,(H,15,17)/b6-5+. The van der Waals surface area contributed by atoms with E-state index >= 15 is 0 Å². The minimum Gasteiger partial charge on any atom is -0.396 e. The van der Waals surface area contributed by atoms with Crippen molar-refractivity contribution in [3.63, 3.8) is 0 Å². The molecule has 17 heavy (non-hydrogen) atoms. The van der Waals surface area contributed by atoms with Gasteiger partial charge in [0.15, 0.2) is 0 Å². The number of amides is 1. The van der Waals surface area contributed by atoms with E-state index in [1.54, 1.807) is 24.3 Å². The highest BCUT2D eigenvalue weighted by Crippen LogP contribution is 2.05. The Hall–Kier alpha value is -2.12. The molecule has 0 radical (unpaired) electrons. The van der Waals surface area contributed by atoms with Crippen LogP contribution in [0.5, 0.6) is 0 Å². The van der Waals surface area contributed by atoms with E-state index in [0.717, 1.165) is 5.56 Å². The van der Waals surface area contributed by atoms with E-state index in [2.05, 4.69) is 5.32 Å². The SMILES string of the molecule is N#Cc1cccc(/C=C/C(=O)NCCCO)c1. The summed E-state index contributed by atoms with van der Waals surface area (Å²) in [6.07, 6.45) is 3.60. The zero-order valence-electron chi connectivity index (χ0n) is 9.39. The van der Waals surface area contributed by atoms with E-state index in [4.69, 9.17) is 10.4 Å². The van der Waals surface area contributed by atoms with Gasteiger partial charge in [0.05, 0.1) is 11.6 Å². The molecule has 1 aromatic rings. The third-order valence-corrected chi connectivity index (χ3v) is 2.08. The summed E-state index contributed by atoms with van der Waals surface area (Å²) in [7, 11) is 0. The molecule has 0 heterocycles. The van der Waals surface area contributed by atoms with E-state index < -0.39 is 0 Å². The molecule has 0 aliphatic carbocycles. The van der Waals surface area contributed by atoms with Crippen LogP contribution in [-0.2, 0) is 4.79 Å². The highest BCUT2D eigenvalue weighted by molar-refractivity contribution is 5.91. The van der Waals surface area contributed by atoms with Crippen molar-refractivity contribution in [2.45, 2.75) is 6.42 Å². The average molecular weight is 230 g/mol. The number of hydrogen-bond donors (Lipinski definition) is 2. The van der Waals surface area contributed by atoms with Crippen molar-refractivity contribution in [2.24, 2.45) is 0 Å². The second-order valence-corrected chi connectivity index (χ2v) is 3.44. The highest BCUT2D eigenvalue weighted by atomic mass is 16.3. The number of rotatable bonds is 5. The summed E-state index contributed by atoms with van der Waals surface area (Å²) in [6.45, 7) is 0.520. The molecule has 2 N–H and O–H groups in total. The van der Waals surface area contributed by atoms with Gasteiger partial charge >= 0.3 is 0 Å². The van der Waals surface area contributed by atoms with Gasteiger partial charge in [-0.2, -0.15) is 5.26 Å². The van der Waals surface area contributed by atoms with Crippen LogP contribution in [0.2, 0.25) is 0 Å². The second kappa shape index (κ2) is 7.20. The van der Waals surface area contributed by atoms with Crippen molar-refractivity contribution in [3.05, 3.63) is 41.5 Å². The number of aliphatic hydroxyl groups excluding tert-OH is 1. The maximum atomic E-state index is 11.3. The molecule has 1 rings (SSSR count). The molecule has 0 spiro atoms. The minimum absolute atomic E-state index is 0.0637. The summed E-state index contributed by atoms with van der Waals surface area (Å²) in [4.78, 5) is 11.3. The molecule has 88 valence electrons. The molecule has 0 aliphatic heterocycles. The predicted molar refractivity (Wildman–Crippen MR) is 64.9 cm³/mol. The van der Waals surface area contributed by atoms with Crippen molar-refractivity contribution >= 4 is 12.0 Å². The summed E-state index contributed by atoms with van der Waals surface area (Å²) < 4.78 is 0. The number of aliphatic hydroxyl groups is 1. The van der Waals surface area contributed by atoms with Crippen LogP contribution in [0.25, 0.3) is 6.08 Å². The van der Waals surface area contributed by atoms with Gasteiger partial charge in [0, 0.05) is 19.2 Å². The molecule has 0 fully saturated rings. The molecule has 0 saturated carbocycles. The first kappa shape index (κ1) is 12.9. The fraction of sp³-hybridized carbons (Fsp3) is 0.231. The smallest absolute Gasteiger partial charge is 0.244 e. The third kappa shape index (κ3) is 4.96. The average Bonchev–Trinajstić information content (AvgIpc) is 2.37. The summed E-state index contributed by atoms with van der Waals surface area (Å²) in [5.41, 5.74) is 1.37. The second-order valence-electron chi connectivity index (χ2n) is 3.44. The highest BCUT2D eigenvalue weighted by Gasteiger charge is 1.95. The molecular formula is C13H14N2O2. The van der Waals surface area contributed by atoms with Gasteiger partial charge in [-0.05, 0) is 30.2 Å². The lowest BCUT2D eigenvalue weighted by Crippen LogP contribution is -2.22. The summed E-state index contributed by atoms with van der Waals surface area (Å²) in [6, 6.07) is 9.03. The predicted octanol–water partition coefficient (Wildman–Crippen LogP) is 1.07. The Balaban J connectivity index is 2.52. The monoisotopic (exact) mass is 230 g/mol. The van der Waals surface area contributed by atoms with Crippen LogP contribution in [0.1, 0.15) is 17.5 Å². The van der Waals surface area contributed by atoms with Gasteiger partial charge in [-0.3, -0.25) is 4.79 Å². The third-order valence-electron chi connectivity index (χ3n) is 2.08. The number of nitrogens with one attached hydrogen (secondary N) is 1. The van der Waals surface area contributed by atoms with Gasteiger partial charge in [0.25, 0.3) is 0 Å². The van der Waals surface area contributed by atoms with Crippen molar-refractivity contribution < 1.29 is 9.90 Å². The number of nitrogens with zero attached hydrogens (tertiary/aromatic N) is 1. The van der Waals surface area contributed by atoms with Crippen LogP contribution in [0.3, 0.4) is 0 Å². The normalized spacial score (nSPS) is 10.1. The first-order valence-electron chi connectivity index (χ1n) is 5.33. The zero-order valence-corrected chi connectivity index (χ0v) is 9.39. The van der Waals surface area contributed by atoms with Gasteiger partial charge in [0.2, 0.25) is 5.91 Å². The molecule has 1 aromatic carbocycles. The lowest BCUT2D eigenvalue weighted by atomic mass is 10.1. The quantitative estimate of drug-likeness (QED) is 0.587. The van der Waals surface area contributed by atoms with Crippen molar-refractivity contribution in [2.75, 3.05) is 13.2 Å². The molecule has 0 aromatic heterocycles. The van der Waals surface area contributed by atoms with Crippen molar-refractivity contribution in [1.29, 1.82) is 5.26 Å². The Morgan fingerprint density at radius 2 is 2.35 bits per heavy atom. The summed E-state index contributed by atoms with van der Waals surface area (Å²) in [5.74, 6) is -0.208. The lowest BCUT2D eigenvalue weighted by Gasteiger charge is -1.99. The van der Waals surface area contributed by atoms with Gasteiger partial charge in [0.1, 0.15) is 0 Å². The molecule has 1 amide bonds. The molecule has 0 unspecified atom stereocenters. The maximum absolute atomic E-state index is 11.3. The van der Waals surface area contributed by atoms with Gasteiger partial charge in [-0.25, -0.2) is 0 Å². The lowest BCUT2D eigenvalue weighted by molar-refractivity contribution is -0.116. The van der Waals surface area contributed by atoms with E-state index in [1.165, 1.54) is 6.08 Å². The fourth-order valence-corrected chi connectivity index (χ4v) is 1.23. The molecule has 0 aliphatic rings. The van der Waals surface area contributed by atoms with Crippen LogP contribution < -0.4 is 5.32 Å². The van der Waals surface area contributed by atoms with Gasteiger partial charge < -0.3 is 10.4 Å². The van der Waals surface area contributed by atoms with Gasteiger partial charge in [-0.15, -0.1) is 0 Å². The van der Waals surface area contributed by atoms with E-state index in [9.17, 15) is 4.79 Å². The Bertz CT molecular complexity index is 447. The first-order valence-corrected chi connectivity index (χ1v) is 5.33. The Morgan fingerprint density at radius 3 is 3.06 bits per heavy atom. The first-order chi connectivity index (χ1) is 8.26. The molecule has 4 nitrogen and oxygen atoms in total. The molecular weight excluding hydrogens is 216 g/mol. The van der Waals surface area contributed by atoms with Crippen LogP contribution >= 0.6 is 0 Å². The topological polar surface area (TPSA) is 73.1 Å². The summed E-state index contributed by atoms with van der Waals surface area (Å²) in [5, 5.41) is 19.9. The Kier molecular flexibility index (Phi) is 5.49. The van der Waals surface area contributed by atoms with Crippen LogP contribution in [0.15, 0.2) is 30.3 Å². The number of benzene rings is 1. The van der Waals surface area contributed by atoms with Crippen LogP contribution in [0.4, 0.5) is 0 Å². The van der Waals surface area contributed by atoms with E-state index in [1.807, 2.05) is 12.1 Å². The van der Waals surface area contributed by atoms with Gasteiger partial charge in [-0.1, -0.05) is 12.1 Å². The summed E-state index contributed by atoms with van der Waals surface area (Å²) >= 11 is 0. The fourth-order valence-electron chi connectivity index (χ4n) is 1.23. The maximum Gasteiger partial charge on any atom is 0.244 e. The minimum atomic E-state index is -0.208. The number of carbonyl (C=O) groups is 1. The molecule has 0 atom stereocenters. The number of hydrogen-bond acceptors (Lipinski definition) is 3. The number of nitriles is 1. The van der Waals surface area contributed by atoms with Crippen LogP contribution in [0, 0.1) is 11.3 Å². The van der Waals surface area contributed by atoms with Crippen LogP contribution in [-0.4, -0.2) is 24.2 Å². The number of carbonyl (C=O) groups excluding carboxylic acids is 1. The molecule has 0 saturated heterocycles. The zero-order chi connectivity index (χ0) is 12.5. The van der Waals surface area contributed by atoms with E-state index in [-0.39, 0.29) is 12.5 Å². The Morgan fingerprint density at radius 1 is 1.53 bits per heavy atom. The Labute approximate surface area is 100 Å².